The molecule has 8 nitrogen and oxygen atoms in total. The molecule has 0 saturated carbocycles. The molecule has 0 aliphatic carbocycles. The van der Waals surface area contributed by atoms with Crippen LogP contribution in [0.5, 0.6) is 0 Å². The zero-order valence-corrected chi connectivity index (χ0v) is 14.3. The van der Waals surface area contributed by atoms with E-state index >= 15 is 0 Å². The van der Waals surface area contributed by atoms with E-state index in [-0.39, 0.29) is 12.3 Å². The molecule has 1 aromatic carbocycles. The number of nitrogens with one attached hydrogen (secondary N) is 1. The van der Waals surface area contributed by atoms with Crippen molar-refractivity contribution in [2.75, 3.05) is 32.6 Å². The van der Waals surface area contributed by atoms with Crippen molar-refractivity contribution >= 4 is 21.9 Å². The van der Waals surface area contributed by atoms with Gasteiger partial charge in [-0.15, -0.1) is 0 Å². The third-order valence-electron chi connectivity index (χ3n) is 3.10. The fraction of sp³-hybridized carbons (Fsp3) is 0.467. The maximum Gasteiger partial charge on any atom is 0.323 e. The van der Waals surface area contributed by atoms with Gasteiger partial charge in [0.15, 0.2) is 0 Å². The van der Waals surface area contributed by atoms with Crippen LogP contribution >= 0.6 is 0 Å². The fourth-order valence-corrected chi connectivity index (χ4v) is 2.93. The number of nitrogens with zero attached hydrogens (tertiary/aromatic N) is 1. The van der Waals surface area contributed by atoms with Crippen LogP contribution in [0.25, 0.3) is 0 Å². The van der Waals surface area contributed by atoms with Crippen LogP contribution in [0.2, 0.25) is 0 Å². The van der Waals surface area contributed by atoms with Crippen molar-refractivity contribution < 1.29 is 27.9 Å². The molecule has 0 unspecified atom stereocenters. The molecule has 2 N–H and O–H groups in total. The van der Waals surface area contributed by atoms with Crippen LogP contribution in [0.15, 0.2) is 30.3 Å². The summed E-state index contributed by atoms with van der Waals surface area (Å²) >= 11 is 0. The van der Waals surface area contributed by atoms with Gasteiger partial charge in [-0.05, 0) is 12.0 Å². The highest BCUT2D eigenvalue weighted by atomic mass is 32.2. The third kappa shape index (κ3) is 8.04. The van der Waals surface area contributed by atoms with Crippen molar-refractivity contribution in [2.24, 2.45) is 0 Å². The number of benzene rings is 1. The molecule has 1 amide bonds. The standard InChI is InChI=1S/C15H22N2O6S/c1-23-8-5-9-24(21,22)16-10-14(18)17(12-15(19)20)11-13-6-3-2-4-7-13/h2-4,6-7,16H,5,8-12H2,1H3,(H,19,20). The predicted molar refractivity (Wildman–Crippen MR) is 87.8 cm³/mol. The molecule has 0 bridgehead atoms. The zero-order chi connectivity index (χ0) is 18.0. The predicted octanol–water partition coefficient (Wildman–Crippen LogP) is 0.0557. The number of carboxylic acids is 1. The molecular weight excluding hydrogens is 336 g/mol. The number of carbonyl (C=O) groups is 2. The molecule has 0 fully saturated rings. The summed E-state index contributed by atoms with van der Waals surface area (Å²) in [5.74, 6) is -1.93. The number of hydrogen-bond donors (Lipinski definition) is 2. The van der Waals surface area contributed by atoms with Crippen molar-refractivity contribution in [3.05, 3.63) is 35.9 Å². The second kappa shape index (κ2) is 10.0. The number of rotatable bonds is 11. The molecule has 0 spiro atoms. The molecule has 24 heavy (non-hydrogen) atoms. The van der Waals surface area contributed by atoms with Gasteiger partial charge in [0.05, 0.1) is 12.3 Å². The van der Waals surface area contributed by atoms with E-state index in [1.165, 1.54) is 7.11 Å². The van der Waals surface area contributed by atoms with Gasteiger partial charge in [-0.25, -0.2) is 13.1 Å². The van der Waals surface area contributed by atoms with E-state index in [0.717, 1.165) is 10.5 Å². The molecule has 0 aliphatic rings. The Balaban J connectivity index is 2.63. The average molecular weight is 358 g/mol. The Morgan fingerprint density at radius 3 is 2.50 bits per heavy atom. The minimum Gasteiger partial charge on any atom is -0.480 e. The lowest BCUT2D eigenvalue weighted by molar-refractivity contribution is -0.144. The van der Waals surface area contributed by atoms with Crippen molar-refractivity contribution in [3.63, 3.8) is 0 Å². The summed E-state index contributed by atoms with van der Waals surface area (Å²) in [5, 5.41) is 8.94. The Hall–Kier alpha value is -1.97. The van der Waals surface area contributed by atoms with Gasteiger partial charge in [-0.1, -0.05) is 30.3 Å². The van der Waals surface area contributed by atoms with Crippen LogP contribution in [0.4, 0.5) is 0 Å². The van der Waals surface area contributed by atoms with Gasteiger partial charge in [0.1, 0.15) is 6.54 Å². The average Bonchev–Trinajstić information content (AvgIpc) is 2.53. The Morgan fingerprint density at radius 2 is 1.92 bits per heavy atom. The molecular formula is C15H22N2O6S. The molecule has 134 valence electrons. The van der Waals surface area contributed by atoms with Crippen LogP contribution in [-0.2, 0) is 30.9 Å². The number of aliphatic carboxylic acids is 1. The summed E-state index contributed by atoms with van der Waals surface area (Å²) in [4.78, 5) is 24.2. The molecule has 1 aromatic rings. The lowest BCUT2D eigenvalue weighted by atomic mass is 10.2. The SMILES string of the molecule is COCCCS(=O)(=O)NCC(=O)N(CC(=O)O)Cc1ccccc1. The molecule has 0 aliphatic heterocycles. The van der Waals surface area contributed by atoms with Crippen LogP contribution in [-0.4, -0.2) is 62.9 Å². The van der Waals surface area contributed by atoms with Gasteiger partial charge in [0.2, 0.25) is 15.9 Å². The van der Waals surface area contributed by atoms with Gasteiger partial charge < -0.3 is 14.7 Å². The monoisotopic (exact) mass is 358 g/mol. The number of carbonyl (C=O) groups excluding carboxylic acids is 1. The topological polar surface area (TPSA) is 113 Å². The van der Waals surface area contributed by atoms with Crippen LogP contribution in [0.3, 0.4) is 0 Å². The second-order valence-corrected chi connectivity index (χ2v) is 7.04. The van der Waals surface area contributed by atoms with Crippen LogP contribution in [0.1, 0.15) is 12.0 Å². The summed E-state index contributed by atoms with van der Waals surface area (Å²) in [5.41, 5.74) is 0.759. The molecule has 0 atom stereocenters. The summed E-state index contributed by atoms with van der Waals surface area (Å²) < 4.78 is 30.5. The number of hydrogen-bond acceptors (Lipinski definition) is 5. The molecule has 9 heteroatoms. The van der Waals surface area contributed by atoms with Gasteiger partial charge in [-0.3, -0.25) is 9.59 Å². The minimum atomic E-state index is -3.61. The first-order valence-electron chi connectivity index (χ1n) is 7.34. The maximum atomic E-state index is 12.2. The highest BCUT2D eigenvalue weighted by Crippen LogP contribution is 2.05. The van der Waals surface area contributed by atoms with Gasteiger partial charge in [0, 0.05) is 20.3 Å². The summed E-state index contributed by atoms with van der Waals surface area (Å²) in [6.45, 7) is -0.583. The van der Waals surface area contributed by atoms with E-state index in [1.54, 1.807) is 30.3 Å². The maximum absolute atomic E-state index is 12.2. The first-order chi connectivity index (χ1) is 11.3. The second-order valence-electron chi connectivity index (χ2n) is 5.12. The van der Waals surface area contributed by atoms with Crippen LogP contribution < -0.4 is 4.72 Å². The normalized spacial score (nSPS) is 11.2. The van der Waals surface area contributed by atoms with E-state index < -0.39 is 35.0 Å². The van der Waals surface area contributed by atoms with E-state index in [4.69, 9.17) is 9.84 Å². The first-order valence-corrected chi connectivity index (χ1v) is 8.99. The Labute approximate surface area is 141 Å². The molecule has 0 radical (unpaired) electrons. The quantitative estimate of drug-likeness (QED) is 0.541. The highest BCUT2D eigenvalue weighted by molar-refractivity contribution is 7.89. The number of amides is 1. The Bertz CT molecular complexity index is 633. The number of sulfonamides is 1. The highest BCUT2D eigenvalue weighted by Gasteiger charge is 2.19. The molecule has 1 rings (SSSR count). The summed E-state index contributed by atoms with van der Waals surface area (Å²) in [6, 6.07) is 8.88. The number of carboxylic acid groups (broad SMARTS) is 1. The molecule has 0 saturated heterocycles. The number of ether oxygens (including phenoxy) is 1. The van der Waals surface area contributed by atoms with E-state index in [2.05, 4.69) is 4.72 Å². The smallest absolute Gasteiger partial charge is 0.323 e. The van der Waals surface area contributed by atoms with Gasteiger partial charge >= 0.3 is 5.97 Å². The Kier molecular flexibility index (Phi) is 8.37. The molecule has 0 aromatic heterocycles. The van der Waals surface area contributed by atoms with Crippen molar-refractivity contribution in [2.45, 2.75) is 13.0 Å². The lowest BCUT2D eigenvalue weighted by Gasteiger charge is -2.21. The van der Waals surface area contributed by atoms with E-state index in [1.807, 2.05) is 0 Å². The number of methoxy groups -OCH3 is 1. The van der Waals surface area contributed by atoms with Crippen molar-refractivity contribution in [1.82, 2.24) is 9.62 Å². The summed E-state index contributed by atoms with van der Waals surface area (Å²) in [6.07, 6.45) is 0.308. The zero-order valence-electron chi connectivity index (χ0n) is 13.5. The fourth-order valence-electron chi connectivity index (χ4n) is 1.95. The van der Waals surface area contributed by atoms with Crippen molar-refractivity contribution in [1.29, 1.82) is 0 Å². The molecule has 0 heterocycles. The van der Waals surface area contributed by atoms with Gasteiger partial charge in [-0.2, -0.15) is 0 Å². The van der Waals surface area contributed by atoms with E-state index in [0.29, 0.717) is 13.0 Å². The van der Waals surface area contributed by atoms with Crippen molar-refractivity contribution in [3.8, 4) is 0 Å². The van der Waals surface area contributed by atoms with Gasteiger partial charge in [0.25, 0.3) is 0 Å². The minimum absolute atomic E-state index is 0.0946. The third-order valence-corrected chi connectivity index (χ3v) is 4.51. The van der Waals surface area contributed by atoms with Crippen LogP contribution in [0, 0.1) is 0 Å². The Morgan fingerprint density at radius 1 is 1.25 bits per heavy atom. The largest absolute Gasteiger partial charge is 0.480 e. The van der Waals surface area contributed by atoms with E-state index in [9.17, 15) is 18.0 Å². The first kappa shape index (κ1) is 20.1. The lowest BCUT2D eigenvalue weighted by Crippen LogP contribution is -2.42. The summed E-state index contributed by atoms with van der Waals surface area (Å²) in [7, 11) is -2.14.